The van der Waals surface area contributed by atoms with Crippen molar-refractivity contribution >= 4 is 29.1 Å². The Bertz CT molecular complexity index is 766. The smallest absolute Gasteiger partial charge is 0.254 e. The fraction of sp³-hybridized carbons (Fsp3) is 0.125. The maximum atomic E-state index is 13.4. The fourth-order valence-electron chi connectivity index (χ4n) is 1.85. The molecule has 2 aromatic rings. The molecule has 0 aliphatic carbocycles. The van der Waals surface area contributed by atoms with Gasteiger partial charge in [-0.3, -0.25) is 9.59 Å². The molecule has 0 saturated heterocycles. The molecule has 120 valence electrons. The van der Waals surface area contributed by atoms with Crippen LogP contribution in [0.2, 0.25) is 5.02 Å². The number of aryl methyl sites for hydroxylation is 1. The highest BCUT2D eigenvalue weighted by molar-refractivity contribution is 6.33. The van der Waals surface area contributed by atoms with Gasteiger partial charge < -0.3 is 10.6 Å². The first kappa shape index (κ1) is 16.9. The third-order valence-corrected chi connectivity index (χ3v) is 3.30. The van der Waals surface area contributed by atoms with Gasteiger partial charge in [0, 0.05) is 6.07 Å². The fourth-order valence-corrected chi connectivity index (χ4v) is 2.13. The molecule has 0 aromatic heterocycles. The van der Waals surface area contributed by atoms with E-state index in [1.807, 2.05) is 6.92 Å². The number of nitrogens with one attached hydrogen (secondary N) is 2. The highest BCUT2D eigenvalue weighted by atomic mass is 35.5. The van der Waals surface area contributed by atoms with Crippen LogP contribution in [-0.4, -0.2) is 18.4 Å². The Morgan fingerprint density at radius 2 is 1.87 bits per heavy atom. The van der Waals surface area contributed by atoms with Crippen molar-refractivity contribution < 1.29 is 18.4 Å². The summed E-state index contributed by atoms with van der Waals surface area (Å²) in [6.07, 6.45) is 0. The molecule has 4 nitrogen and oxygen atoms in total. The van der Waals surface area contributed by atoms with Gasteiger partial charge in [0.1, 0.15) is 11.6 Å². The predicted octanol–water partition coefficient (Wildman–Crippen LogP) is 3.30. The van der Waals surface area contributed by atoms with E-state index in [1.54, 1.807) is 18.2 Å². The quantitative estimate of drug-likeness (QED) is 0.898. The Labute approximate surface area is 136 Å². The van der Waals surface area contributed by atoms with Gasteiger partial charge in [-0.2, -0.15) is 0 Å². The van der Waals surface area contributed by atoms with Crippen LogP contribution in [0.5, 0.6) is 0 Å². The molecule has 0 spiro atoms. The lowest BCUT2D eigenvalue weighted by atomic mass is 10.2. The number of carbonyl (C=O) groups excluding carboxylic acids is 2. The monoisotopic (exact) mass is 338 g/mol. The minimum Gasteiger partial charge on any atom is -0.343 e. The maximum absolute atomic E-state index is 13.4. The number of hydrogen-bond acceptors (Lipinski definition) is 2. The zero-order chi connectivity index (χ0) is 17.0. The molecule has 0 radical (unpaired) electrons. The predicted molar refractivity (Wildman–Crippen MR) is 83.5 cm³/mol. The molecule has 0 aliphatic heterocycles. The van der Waals surface area contributed by atoms with Crippen molar-refractivity contribution in [3.05, 3.63) is 64.2 Å². The van der Waals surface area contributed by atoms with Crippen LogP contribution in [0.4, 0.5) is 14.5 Å². The largest absolute Gasteiger partial charge is 0.343 e. The van der Waals surface area contributed by atoms with Crippen LogP contribution in [-0.2, 0) is 4.79 Å². The minimum absolute atomic E-state index is 0.340. The van der Waals surface area contributed by atoms with E-state index in [1.165, 1.54) is 0 Å². The molecular weight excluding hydrogens is 326 g/mol. The molecule has 2 aromatic carbocycles. The number of anilines is 1. The molecule has 0 fully saturated rings. The van der Waals surface area contributed by atoms with Gasteiger partial charge in [-0.05, 0) is 36.8 Å². The topological polar surface area (TPSA) is 58.2 Å². The summed E-state index contributed by atoms with van der Waals surface area (Å²) in [4.78, 5) is 23.6. The highest BCUT2D eigenvalue weighted by Crippen LogP contribution is 2.22. The van der Waals surface area contributed by atoms with E-state index in [9.17, 15) is 18.4 Å². The first-order valence-corrected chi connectivity index (χ1v) is 7.04. The van der Waals surface area contributed by atoms with Crippen LogP contribution < -0.4 is 10.6 Å². The normalized spacial score (nSPS) is 10.3. The van der Waals surface area contributed by atoms with Gasteiger partial charge in [0.15, 0.2) is 0 Å². The Kier molecular flexibility index (Phi) is 5.28. The highest BCUT2D eigenvalue weighted by Gasteiger charge is 2.14. The van der Waals surface area contributed by atoms with Crippen molar-refractivity contribution in [2.45, 2.75) is 6.92 Å². The first-order chi connectivity index (χ1) is 10.9. The molecule has 0 atom stereocenters. The molecule has 2 rings (SSSR count). The summed E-state index contributed by atoms with van der Waals surface area (Å²) in [6.45, 7) is 1.48. The van der Waals surface area contributed by atoms with Crippen molar-refractivity contribution in [1.29, 1.82) is 0 Å². The van der Waals surface area contributed by atoms with Gasteiger partial charge in [-0.1, -0.05) is 17.7 Å². The number of amides is 2. The van der Waals surface area contributed by atoms with Crippen molar-refractivity contribution in [3.63, 3.8) is 0 Å². The van der Waals surface area contributed by atoms with E-state index in [4.69, 9.17) is 11.6 Å². The molecule has 2 amide bonds. The van der Waals surface area contributed by atoms with Crippen LogP contribution in [0.15, 0.2) is 36.4 Å². The van der Waals surface area contributed by atoms with Gasteiger partial charge in [0.25, 0.3) is 5.91 Å². The Balaban J connectivity index is 1.94. The Hall–Kier alpha value is -2.47. The summed E-state index contributed by atoms with van der Waals surface area (Å²) >= 11 is 5.98. The van der Waals surface area contributed by atoms with Gasteiger partial charge in [-0.15, -0.1) is 0 Å². The van der Waals surface area contributed by atoms with Crippen molar-refractivity contribution in [3.8, 4) is 0 Å². The summed E-state index contributed by atoms with van der Waals surface area (Å²) < 4.78 is 26.2. The third-order valence-electron chi connectivity index (χ3n) is 2.98. The van der Waals surface area contributed by atoms with Crippen molar-refractivity contribution in [2.75, 3.05) is 11.9 Å². The lowest BCUT2D eigenvalue weighted by Gasteiger charge is -2.09. The van der Waals surface area contributed by atoms with E-state index >= 15 is 0 Å². The molecule has 0 unspecified atom stereocenters. The lowest BCUT2D eigenvalue weighted by molar-refractivity contribution is -0.115. The molecule has 23 heavy (non-hydrogen) atoms. The Morgan fingerprint density at radius 1 is 1.13 bits per heavy atom. The molecule has 7 heteroatoms. The molecule has 0 saturated carbocycles. The van der Waals surface area contributed by atoms with E-state index in [0.29, 0.717) is 16.8 Å². The molecule has 0 aliphatic rings. The zero-order valence-electron chi connectivity index (χ0n) is 12.1. The minimum atomic E-state index is -0.996. The van der Waals surface area contributed by atoms with Gasteiger partial charge in [-0.25, -0.2) is 8.78 Å². The van der Waals surface area contributed by atoms with E-state index in [2.05, 4.69) is 10.6 Å². The lowest BCUT2D eigenvalue weighted by Crippen LogP contribution is -2.33. The first-order valence-electron chi connectivity index (χ1n) is 6.66. The zero-order valence-corrected chi connectivity index (χ0v) is 12.9. The molecule has 2 N–H and O–H groups in total. The average Bonchev–Trinajstić information content (AvgIpc) is 2.48. The number of hydrogen-bond donors (Lipinski definition) is 2. The number of halogens is 3. The second-order valence-electron chi connectivity index (χ2n) is 4.84. The van der Waals surface area contributed by atoms with Gasteiger partial charge in [0.05, 0.1) is 22.8 Å². The number of carbonyl (C=O) groups is 2. The van der Waals surface area contributed by atoms with Crippen LogP contribution in [0, 0.1) is 18.6 Å². The maximum Gasteiger partial charge on any atom is 0.254 e. The van der Waals surface area contributed by atoms with Crippen molar-refractivity contribution in [1.82, 2.24) is 5.32 Å². The number of rotatable bonds is 4. The van der Waals surface area contributed by atoms with E-state index in [-0.39, 0.29) is 12.1 Å². The van der Waals surface area contributed by atoms with Crippen LogP contribution in [0.3, 0.4) is 0 Å². The average molecular weight is 339 g/mol. The van der Waals surface area contributed by atoms with Gasteiger partial charge in [0.2, 0.25) is 5.91 Å². The van der Waals surface area contributed by atoms with Crippen molar-refractivity contribution in [2.24, 2.45) is 0 Å². The van der Waals surface area contributed by atoms with Gasteiger partial charge >= 0.3 is 0 Å². The van der Waals surface area contributed by atoms with Crippen LogP contribution in [0.25, 0.3) is 0 Å². The Morgan fingerprint density at radius 3 is 2.52 bits per heavy atom. The van der Waals surface area contributed by atoms with E-state index < -0.39 is 23.4 Å². The molecule has 0 heterocycles. The SMILES string of the molecule is Cc1ccc(NC(=O)CNC(=O)c2ccc(F)cc2F)c(Cl)c1. The second-order valence-corrected chi connectivity index (χ2v) is 5.25. The summed E-state index contributed by atoms with van der Waals surface area (Å²) in [5.74, 6) is -3.12. The summed E-state index contributed by atoms with van der Waals surface area (Å²) in [6, 6.07) is 7.66. The summed E-state index contributed by atoms with van der Waals surface area (Å²) in [5, 5.41) is 5.15. The second kappa shape index (κ2) is 7.19. The molecule has 0 bridgehead atoms. The molecular formula is C16H13ClF2N2O2. The van der Waals surface area contributed by atoms with E-state index in [0.717, 1.165) is 17.7 Å². The van der Waals surface area contributed by atoms with Crippen LogP contribution >= 0.6 is 11.6 Å². The summed E-state index contributed by atoms with van der Waals surface area (Å²) in [7, 11) is 0. The third kappa shape index (κ3) is 4.50. The number of benzene rings is 2. The standard InChI is InChI=1S/C16H13ClF2N2O2/c1-9-2-5-14(12(17)6-9)21-15(22)8-20-16(23)11-4-3-10(18)7-13(11)19/h2-7H,8H2,1H3,(H,20,23)(H,21,22). The van der Waals surface area contributed by atoms with Crippen LogP contribution in [0.1, 0.15) is 15.9 Å². The summed E-state index contributed by atoms with van der Waals surface area (Å²) in [5.41, 5.74) is 1.00.